The largest absolute Gasteiger partial charge is 0.480 e. The van der Waals surface area contributed by atoms with Gasteiger partial charge in [-0.25, -0.2) is 0 Å². The molecule has 3 nitrogen and oxygen atoms in total. The molecule has 0 aromatic heterocycles. The lowest BCUT2D eigenvalue weighted by Crippen LogP contribution is -2.29. The maximum absolute atomic E-state index is 12.7. The average molecular weight is 247 g/mol. The van der Waals surface area contributed by atoms with Crippen LogP contribution in [0.1, 0.15) is 17.2 Å². The van der Waals surface area contributed by atoms with E-state index in [9.17, 15) is 18.0 Å². The number of hydrogen-bond acceptors (Lipinski definition) is 2. The Balaban J connectivity index is 3.34. The van der Waals surface area contributed by atoms with E-state index in [1.807, 2.05) is 0 Å². The summed E-state index contributed by atoms with van der Waals surface area (Å²) in [7, 11) is 2.85. The highest BCUT2D eigenvalue weighted by atomic mass is 19.4. The molecule has 17 heavy (non-hydrogen) atoms. The Morgan fingerprint density at radius 3 is 2.24 bits per heavy atom. The summed E-state index contributed by atoms with van der Waals surface area (Å²) >= 11 is 0. The number of carboxylic acid groups (broad SMARTS) is 1. The van der Waals surface area contributed by atoms with Gasteiger partial charge in [0.05, 0.1) is 5.56 Å². The number of carbonyl (C=O) groups is 1. The number of carboxylic acids is 1. The molecule has 0 amide bonds. The van der Waals surface area contributed by atoms with Gasteiger partial charge in [-0.15, -0.1) is 0 Å². The Kier molecular flexibility index (Phi) is 3.77. The Labute approximate surface area is 96.5 Å². The van der Waals surface area contributed by atoms with E-state index in [0.29, 0.717) is 0 Å². The lowest BCUT2D eigenvalue weighted by Gasteiger charge is -2.23. The Morgan fingerprint density at radius 1 is 1.29 bits per heavy atom. The lowest BCUT2D eigenvalue weighted by molar-refractivity contribution is -0.144. The summed E-state index contributed by atoms with van der Waals surface area (Å²) in [5.74, 6) is -1.31. The van der Waals surface area contributed by atoms with Crippen LogP contribution in [0.3, 0.4) is 0 Å². The van der Waals surface area contributed by atoms with Crippen LogP contribution in [-0.4, -0.2) is 30.1 Å². The van der Waals surface area contributed by atoms with Crippen LogP contribution in [0.15, 0.2) is 24.3 Å². The van der Waals surface area contributed by atoms with Crippen LogP contribution in [0, 0.1) is 0 Å². The van der Waals surface area contributed by atoms with Crippen molar-refractivity contribution in [2.24, 2.45) is 0 Å². The fraction of sp³-hybridized carbons (Fsp3) is 0.364. The van der Waals surface area contributed by atoms with Crippen molar-refractivity contribution < 1.29 is 23.1 Å². The van der Waals surface area contributed by atoms with Crippen LogP contribution in [0.4, 0.5) is 13.2 Å². The molecule has 0 saturated heterocycles. The zero-order chi connectivity index (χ0) is 13.2. The van der Waals surface area contributed by atoms with Crippen LogP contribution in [0.25, 0.3) is 0 Å². The van der Waals surface area contributed by atoms with Gasteiger partial charge in [0.2, 0.25) is 0 Å². The minimum absolute atomic E-state index is 0.252. The molecule has 0 aliphatic carbocycles. The highest BCUT2D eigenvalue weighted by Crippen LogP contribution is 2.35. The van der Waals surface area contributed by atoms with Crippen molar-refractivity contribution in [1.29, 1.82) is 0 Å². The van der Waals surface area contributed by atoms with E-state index in [-0.39, 0.29) is 5.56 Å². The second-order valence-electron chi connectivity index (χ2n) is 3.79. The van der Waals surface area contributed by atoms with E-state index in [1.165, 1.54) is 37.2 Å². The van der Waals surface area contributed by atoms with Gasteiger partial charge >= 0.3 is 12.1 Å². The number of rotatable bonds is 3. The zero-order valence-electron chi connectivity index (χ0n) is 9.32. The topological polar surface area (TPSA) is 40.5 Å². The van der Waals surface area contributed by atoms with Gasteiger partial charge in [-0.1, -0.05) is 18.2 Å². The Bertz CT molecular complexity index is 415. The van der Waals surface area contributed by atoms with Crippen LogP contribution in [0.2, 0.25) is 0 Å². The van der Waals surface area contributed by atoms with Gasteiger partial charge in [0.15, 0.2) is 0 Å². The van der Waals surface area contributed by atoms with E-state index < -0.39 is 23.8 Å². The molecule has 94 valence electrons. The maximum atomic E-state index is 12.7. The molecule has 0 radical (unpaired) electrons. The van der Waals surface area contributed by atoms with Crippen molar-refractivity contribution in [2.75, 3.05) is 14.1 Å². The van der Waals surface area contributed by atoms with Gasteiger partial charge in [0.1, 0.15) is 6.04 Å². The minimum Gasteiger partial charge on any atom is -0.480 e. The molecular weight excluding hydrogens is 235 g/mol. The van der Waals surface area contributed by atoms with Crippen LogP contribution < -0.4 is 0 Å². The third kappa shape index (κ3) is 2.97. The number of benzene rings is 1. The summed E-state index contributed by atoms with van der Waals surface area (Å²) in [6.07, 6.45) is -4.56. The predicted octanol–water partition coefficient (Wildman–Crippen LogP) is 2.39. The SMILES string of the molecule is CN(C)[C@H](C(=O)O)c1ccccc1C(F)(F)F. The van der Waals surface area contributed by atoms with Crippen molar-refractivity contribution in [3.63, 3.8) is 0 Å². The smallest absolute Gasteiger partial charge is 0.416 e. The first-order valence-corrected chi connectivity index (χ1v) is 4.80. The van der Waals surface area contributed by atoms with E-state index in [4.69, 9.17) is 5.11 Å². The fourth-order valence-corrected chi connectivity index (χ4v) is 1.63. The zero-order valence-corrected chi connectivity index (χ0v) is 9.32. The van der Waals surface area contributed by atoms with E-state index in [1.54, 1.807) is 0 Å². The second-order valence-corrected chi connectivity index (χ2v) is 3.79. The van der Waals surface area contributed by atoms with Gasteiger partial charge in [0, 0.05) is 0 Å². The number of likely N-dealkylation sites (N-methyl/N-ethyl adjacent to an activating group) is 1. The van der Waals surface area contributed by atoms with Crippen molar-refractivity contribution in [1.82, 2.24) is 4.90 Å². The summed E-state index contributed by atoms with van der Waals surface area (Å²) in [4.78, 5) is 12.2. The van der Waals surface area contributed by atoms with Crippen LogP contribution in [-0.2, 0) is 11.0 Å². The number of hydrogen-bond donors (Lipinski definition) is 1. The van der Waals surface area contributed by atoms with Crippen molar-refractivity contribution in [3.05, 3.63) is 35.4 Å². The fourth-order valence-electron chi connectivity index (χ4n) is 1.63. The highest BCUT2D eigenvalue weighted by molar-refractivity contribution is 5.76. The summed E-state index contributed by atoms with van der Waals surface area (Å²) < 4.78 is 38.2. The molecule has 1 N–H and O–H groups in total. The van der Waals surface area contributed by atoms with Crippen molar-refractivity contribution in [3.8, 4) is 0 Å². The normalized spacial score (nSPS) is 13.8. The molecule has 0 heterocycles. The monoisotopic (exact) mass is 247 g/mol. The molecule has 0 fully saturated rings. The quantitative estimate of drug-likeness (QED) is 0.891. The number of halogens is 3. The van der Waals surface area contributed by atoms with E-state index in [2.05, 4.69) is 0 Å². The molecule has 0 aliphatic heterocycles. The van der Waals surface area contributed by atoms with E-state index in [0.717, 1.165) is 6.07 Å². The Morgan fingerprint density at radius 2 is 1.82 bits per heavy atom. The first-order chi connectivity index (χ1) is 7.75. The molecule has 1 aromatic rings. The maximum Gasteiger partial charge on any atom is 0.416 e. The minimum atomic E-state index is -4.56. The molecule has 0 aliphatic rings. The molecule has 0 bridgehead atoms. The predicted molar refractivity (Wildman–Crippen MR) is 55.5 cm³/mol. The second kappa shape index (κ2) is 4.75. The van der Waals surface area contributed by atoms with Crippen molar-refractivity contribution >= 4 is 5.97 Å². The molecule has 0 saturated carbocycles. The first kappa shape index (κ1) is 13.5. The van der Waals surface area contributed by atoms with Gasteiger partial charge < -0.3 is 5.11 Å². The first-order valence-electron chi connectivity index (χ1n) is 4.80. The highest BCUT2D eigenvalue weighted by Gasteiger charge is 2.37. The van der Waals surface area contributed by atoms with Gasteiger partial charge in [-0.05, 0) is 25.7 Å². The van der Waals surface area contributed by atoms with Crippen LogP contribution >= 0.6 is 0 Å². The number of alkyl halides is 3. The molecule has 1 rings (SSSR count). The number of nitrogens with zero attached hydrogens (tertiary/aromatic N) is 1. The Hall–Kier alpha value is -1.56. The van der Waals surface area contributed by atoms with E-state index >= 15 is 0 Å². The standard InChI is InChI=1S/C11H12F3NO2/c1-15(2)9(10(16)17)7-5-3-4-6-8(7)11(12,13)14/h3-6,9H,1-2H3,(H,16,17)/t9-/m0/s1. The molecule has 6 heteroatoms. The third-order valence-electron chi connectivity index (χ3n) is 2.31. The number of aliphatic carboxylic acids is 1. The van der Waals surface area contributed by atoms with Gasteiger partial charge in [-0.2, -0.15) is 13.2 Å². The molecule has 0 unspecified atom stereocenters. The van der Waals surface area contributed by atoms with Crippen molar-refractivity contribution in [2.45, 2.75) is 12.2 Å². The van der Waals surface area contributed by atoms with Crippen LogP contribution in [0.5, 0.6) is 0 Å². The van der Waals surface area contributed by atoms with Gasteiger partial charge in [-0.3, -0.25) is 9.69 Å². The molecule has 1 aromatic carbocycles. The molecule has 1 atom stereocenters. The van der Waals surface area contributed by atoms with Gasteiger partial charge in [0.25, 0.3) is 0 Å². The summed E-state index contributed by atoms with van der Waals surface area (Å²) in [5.41, 5.74) is -1.17. The summed E-state index contributed by atoms with van der Waals surface area (Å²) in [6, 6.07) is 3.38. The third-order valence-corrected chi connectivity index (χ3v) is 2.31. The summed E-state index contributed by atoms with van der Waals surface area (Å²) in [5, 5.41) is 8.98. The lowest BCUT2D eigenvalue weighted by atomic mass is 9.99. The molecular formula is C11H12F3NO2. The average Bonchev–Trinajstić information content (AvgIpc) is 2.15. The molecule has 0 spiro atoms. The summed E-state index contributed by atoms with van der Waals surface area (Å²) in [6.45, 7) is 0.